The number of hydrogen-bond donors (Lipinski definition) is 1. The summed E-state index contributed by atoms with van der Waals surface area (Å²) in [6, 6.07) is 0.363. The number of nitrogens with one attached hydrogen (secondary N) is 1. The Balaban J connectivity index is 2.65. The van der Waals surface area contributed by atoms with Gasteiger partial charge in [0.15, 0.2) is 5.13 Å². The Morgan fingerprint density at radius 1 is 1.53 bits per heavy atom. The molecular weight excluding hydrogens is 234 g/mol. The van der Waals surface area contributed by atoms with Gasteiger partial charge in [-0.15, -0.1) is 11.3 Å². The zero-order valence-corrected chi connectivity index (χ0v) is 12.2. The molecule has 0 radical (unpaired) electrons. The Morgan fingerprint density at radius 3 is 2.82 bits per heavy atom. The van der Waals surface area contributed by atoms with Crippen molar-refractivity contribution in [1.82, 2.24) is 10.3 Å². The topological polar surface area (TPSA) is 37.4 Å². The van der Waals surface area contributed by atoms with Crippen LogP contribution < -0.4 is 10.2 Å². The van der Waals surface area contributed by atoms with Crippen molar-refractivity contribution in [3.8, 4) is 0 Å². The van der Waals surface area contributed by atoms with Gasteiger partial charge in [-0.25, -0.2) is 4.98 Å². The molecule has 0 aliphatic heterocycles. The van der Waals surface area contributed by atoms with Crippen molar-refractivity contribution >= 4 is 16.5 Å². The lowest BCUT2D eigenvalue weighted by Crippen LogP contribution is -2.22. The summed E-state index contributed by atoms with van der Waals surface area (Å²) in [6.45, 7) is 8.65. The summed E-state index contributed by atoms with van der Waals surface area (Å²) in [4.78, 5) is 8.07. The number of thiazole rings is 1. The van der Waals surface area contributed by atoms with E-state index in [9.17, 15) is 0 Å². The summed E-state index contributed by atoms with van der Waals surface area (Å²) in [7, 11) is 4.04. The van der Waals surface area contributed by atoms with E-state index in [0.29, 0.717) is 6.04 Å². The SMILES string of the molecule is CCOCCN(C)c1nc(C)c(C(C)NC)s1. The van der Waals surface area contributed by atoms with Crippen LogP contribution in [0.15, 0.2) is 0 Å². The first-order valence-electron chi connectivity index (χ1n) is 6.03. The maximum Gasteiger partial charge on any atom is 0.185 e. The summed E-state index contributed by atoms with van der Waals surface area (Å²) in [6.07, 6.45) is 0. The second kappa shape index (κ2) is 6.93. The van der Waals surface area contributed by atoms with Gasteiger partial charge in [0, 0.05) is 31.1 Å². The van der Waals surface area contributed by atoms with Crippen LogP contribution in [0.5, 0.6) is 0 Å². The first kappa shape index (κ1) is 14.4. The van der Waals surface area contributed by atoms with Crippen LogP contribution in [0.25, 0.3) is 0 Å². The van der Waals surface area contributed by atoms with Crippen LogP contribution in [0.1, 0.15) is 30.5 Å². The van der Waals surface area contributed by atoms with E-state index in [1.165, 1.54) is 4.88 Å². The maximum atomic E-state index is 5.35. The molecule has 5 heteroatoms. The van der Waals surface area contributed by atoms with Gasteiger partial charge < -0.3 is 15.0 Å². The highest BCUT2D eigenvalue weighted by atomic mass is 32.1. The fraction of sp³-hybridized carbons (Fsp3) is 0.750. The van der Waals surface area contributed by atoms with E-state index >= 15 is 0 Å². The van der Waals surface area contributed by atoms with Crippen LogP contribution in [-0.2, 0) is 4.74 Å². The van der Waals surface area contributed by atoms with Crippen molar-refractivity contribution in [3.63, 3.8) is 0 Å². The molecule has 0 aromatic carbocycles. The van der Waals surface area contributed by atoms with E-state index in [-0.39, 0.29) is 0 Å². The molecule has 1 N–H and O–H groups in total. The molecule has 1 aromatic rings. The van der Waals surface area contributed by atoms with Crippen molar-refractivity contribution in [2.24, 2.45) is 0 Å². The van der Waals surface area contributed by atoms with Crippen LogP contribution in [0, 0.1) is 6.92 Å². The zero-order chi connectivity index (χ0) is 12.8. The summed E-state index contributed by atoms with van der Waals surface area (Å²) in [5.74, 6) is 0. The van der Waals surface area contributed by atoms with Crippen molar-refractivity contribution < 1.29 is 4.74 Å². The van der Waals surface area contributed by atoms with Crippen molar-refractivity contribution in [2.45, 2.75) is 26.8 Å². The average molecular weight is 257 g/mol. The van der Waals surface area contributed by atoms with Crippen molar-refractivity contribution in [3.05, 3.63) is 10.6 Å². The molecule has 0 fully saturated rings. The molecule has 0 amide bonds. The van der Waals surface area contributed by atoms with Gasteiger partial charge >= 0.3 is 0 Å². The highest BCUT2D eigenvalue weighted by Crippen LogP contribution is 2.29. The summed E-state index contributed by atoms with van der Waals surface area (Å²) < 4.78 is 5.35. The molecular formula is C12H23N3OS. The number of ether oxygens (including phenoxy) is 1. The van der Waals surface area contributed by atoms with E-state index in [1.54, 1.807) is 11.3 Å². The predicted octanol–water partition coefficient (Wildman–Crippen LogP) is 2.20. The minimum atomic E-state index is 0.363. The number of nitrogens with zero attached hydrogens (tertiary/aromatic N) is 2. The minimum Gasteiger partial charge on any atom is -0.380 e. The molecule has 1 aromatic heterocycles. The van der Waals surface area contributed by atoms with E-state index in [1.807, 2.05) is 14.0 Å². The number of likely N-dealkylation sites (N-methyl/N-ethyl adjacent to an activating group) is 1. The number of rotatable bonds is 7. The highest BCUT2D eigenvalue weighted by Gasteiger charge is 2.14. The summed E-state index contributed by atoms with van der Waals surface area (Å²) in [5.41, 5.74) is 1.12. The van der Waals surface area contributed by atoms with Gasteiger partial charge in [0.25, 0.3) is 0 Å². The standard InChI is InChI=1S/C12H23N3OS/c1-6-16-8-7-15(5)12-14-10(3)11(17-12)9(2)13-4/h9,13H,6-8H2,1-5H3. The van der Waals surface area contributed by atoms with Crippen LogP contribution in [0.4, 0.5) is 5.13 Å². The van der Waals surface area contributed by atoms with Gasteiger partial charge in [-0.05, 0) is 27.8 Å². The molecule has 0 aliphatic rings. The van der Waals surface area contributed by atoms with Gasteiger partial charge in [-0.3, -0.25) is 0 Å². The van der Waals surface area contributed by atoms with E-state index in [2.05, 4.69) is 36.1 Å². The second-order valence-corrected chi connectivity index (χ2v) is 5.08. The Labute approximate surface area is 108 Å². The molecule has 0 saturated carbocycles. The largest absolute Gasteiger partial charge is 0.380 e. The maximum absolute atomic E-state index is 5.35. The Morgan fingerprint density at radius 2 is 2.24 bits per heavy atom. The monoisotopic (exact) mass is 257 g/mol. The smallest absolute Gasteiger partial charge is 0.185 e. The van der Waals surface area contributed by atoms with Crippen LogP contribution in [0.3, 0.4) is 0 Å². The number of hydrogen-bond acceptors (Lipinski definition) is 5. The number of aromatic nitrogens is 1. The van der Waals surface area contributed by atoms with Gasteiger partial charge in [-0.2, -0.15) is 0 Å². The third-order valence-electron chi connectivity index (χ3n) is 2.75. The Kier molecular flexibility index (Phi) is 5.88. The third-order valence-corrected chi connectivity index (χ3v) is 4.20. The minimum absolute atomic E-state index is 0.363. The Hall–Kier alpha value is -0.650. The molecule has 17 heavy (non-hydrogen) atoms. The normalized spacial score (nSPS) is 12.8. The highest BCUT2D eigenvalue weighted by molar-refractivity contribution is 7.15. The molecule has 0 spiro atoms. The Bertz CT molecular complexity index is 340. The lowest BCUT2D eigenvalue weighted by molar-refractivity contribution is 0.154. The third kappa shape index (κ3) is 3.94. The molecule has 1 unspecified atom stereocenters. The molecule has 0 saturated heterocycles. The summed E-state index contributed by atoms with van der Waals surface area (Å²) >= 11 is 1.76. The lowest BCUT2D eigenvalue weighted by atomic mass is 10.2. The van der Waals surface area contributed by atoms with E-state index < -0.39 is 0 Å². The molecule has 0 aliphatic carbocycles. The van der Waals surface area contributed by atoms with Crippen molar-refractivity contribution in [1.29, 1.82) is 0 Å². The number of aryl methyl sites for hydroxylation is 1. The van der Waals surface area contributed by atoms with Crippen LogP contribution in [0.2, 0.25) is 0 Å². The van der Waals surface area contributed by atoms with E-state index in [0.717, 1.165) is 30.6 Å². The fourth-order valence-corrected chi connectivity index (χ4v) is 2.65. The zero-order valence-electron chi connectivity index (χ0n) is 11.4. The quantitative estimate of drug-likeness (QED) is 0.760. The second-order valence-electron chi connectivity index (χ2n) is 4.07. The molecule has 1 rings (SSSR count). The fourth-order valence-electron chi connectivity index (χ4n) is 1.53. The predicted molar refractivity (Wildman–Crippen MR) is 74.1 cm³/mol. The lowest BCUT2D eigenvalue weighted by Gasteiger charge is -2.15. The molecule has 1 atom stereocenters. The van der Waals surface area contributed by atoms with Crippen LogP contribution >= 0.6 is 11.3 Å². The molecule has 0 bridgehead atoms. The number of anilines is 1. The first-order chi connectivity index (χ1) is 8.10. The summed E-state index contributed by atoms with van der Waals surface area (Å²) in [5, 5.41) is 4.32. The first-order valence-corrected chi connectivity index (χ1v) is 6.85. The molecule has 1 heterocycles. The van der Waals surface area contributed by atoms with Gasteiger partial charge in [0.1, 0.15) is 0 Å². The van der Waals surface area contributed by atoms with Gasteiger partial charge in [-0.1, -0.05) is 0 Å². The molecule has 4 nitrogen and oxygen atoms in total. The van der Waals surface area contributed by atoms with Gasteiger partial charge in [0.05, 0.1) is 12.3 Å². The van der Waals surface area contributed by atoms with Crippen molar-refractivity contribution in [2.75, 3.05) is 38.8 Å². The average Bonchev–Trinajstić information content (AvgIpc) is 2.70. The van der Waals surface area contributed by atoms with E-state index in [4.69, 9.17) is 4.74 Å². The van der Waals surface area contributed by atoms with Gasteiger partial charge in [0.2, 0.25) is 0 Å². The molecule has 98 valence electrons. The van der Waals surface area contributed by atoms with Crippen LogP contribution in [-0.4, -0.2) is 38.8 Å².